The van der Waals surface area contributed by atoms with Crippen molar-refractivity contribution < 1.29 is 9.59 Å². The summed E-state index contributed by atoms with van der Waals surface area (Å²) in [5.74, 6) is -0.242. The van der Waals surface area contributed by atoms with Crippen LogP contribution in [0.5, 0.6) is 0 Å². The predicted molar refractivity (Wildman–Crippen MR) is 75.2 cm³/mol. The van der Waals surface area contributed by atoms with Crippen molar-refractivity contribution in [3.63, 3.8) is 0 Å². The molecule has 6 nitrogen and oxygen atoms in total. The Bertz CT molecular complexity index is 323. The van der Waals surface area contributed by atoms with Crippen LogP contribution in [0.1, 0.15) is 32.1 Å². The second-order valence-electron chi connectivity index (χ2n) is 5.15. The summed E-state index contributed by atoms with van der Waals surface area (Å²) in [5.41, 5.74) is 5.69. The summed E-state index contributed by atoms with van der Waals surface area (Å²) in [5, 5.41) is 5.10. The van der Waals surface area contributed by atoms with E-state index < -0.39 is 0 Å². The molecule has 0 bridgehead atoms. The van der Waals surface area contributed by atoms with Gasteiger partial charge in [-0.15, -0.1) is 12.4 Å². The van der Waals surface area contributed by atoms with E-state index in [0.29, 0.717) is 6.54 Å². The van der Waals surface area contributed by atoms with Crippen LogP contribution in [0.25, 0.3) is 0 Å². The van der Waals surface area contributed by atoms with Gasteiger partial charge in [-0.05, 0) is 32.2 Å². The zero-order valence-corrected chi connectivity index (χ0v) is 11.9. The fourth-order valence-corrected chi connectivity index (χ4v) is 2.33. The molecule has 4 N–H and O–H groups in total. The number of urea groups is 1. The third-order valence-electron chi connectivity index (χ3n) is 3.53. The lowest BCUT2D eigenvalue weighted by Crippen LogP contribution is -2.50. The number of carbonyl (C=O) groups is 2. The topological polar surface area (TPSA) is 87.5 Å². The monoisotopic (exact) mass is 290 g/mol. The molecular weight excluding hydrogens is 268 g/mol. The molecule has 1 saturated carbocycles. The van der Waals surface area contributed by atoms with Crippen molar-refractivity contribution in [2.75, 3.05) is 19.6 Å². The zero-order valence-electron chi connectivity index (χ0n) is 11.1. The molecular formula is C12H23ClN4O2. The van der Waals surface area contributed by atoms with E-state index in [1.807, 2.05) is 0 Å². The number of nitrogens with zero attached hydrogens (tertiary/aromatic N) is 1. The third kappa shape index (κ3) is 5.34. The lowest BCUT2D eigenvalue weighted by Gasteiger charge is -2.34. The Morgan fingerprint density at radius 3 is 2.58 bits per heavy atom. The van der Waals surface area contributed by atoms with Crippen LogP contribution in [0.2, 0.25) is 0 Å². The Labute approximate surface area is 119 Å². The van der Waals surface area contributed by atoms with Crippen LogP contribution in [0, 0.1) is 0 Å². The highest BCUT2D eigenvalue weighted by Gasteiger charge is 2.26. The van der Waals surface area contributed by atoms with Gasteiger partial charge in [-0.1, -0.05) is 6.42 Å². The molecule has 2 aliphatic rings. The quantitative estimate of drug-likeness (QED) is 0.691. The van der Waals surface area contributed by atoms with Crippen LogP contribution in [-0.2, 0) is 4.79 Å². The van der Waals surface area contributed by atoms with Crippen LogP contribution in [0.15, 0.2) is 0 Å². The number of halogens is 1. The van der Waals surface area contributed by atoms with Crippen molar-refractivity contribution in [2.24, 2.45) is 5.73 Å². The van der Waals surface area contributed by atoms with Gasteiger partial charge in [-0.3, -0.25) is 15.0 Å². The number of carbonyl (C=O) groups excluding carboxylic acids is 2. The maximum atomic E-state index is 11.7. The van der Waals surface area contributed by atoms with E-state index in [4.69, 9.17) is 5.73 Å². The SMILES string of the molecule is Cl.NCC1CCCCN1CC(=O)NC(=O)NC1CC1. The normalized spacial score (nSPS) is 23.3. The minimum Gasteiger partial charge on any atom is -0.335 e. The van der Waals surface area contributed by atoms with Gasteiger partial charge >= 0.3 is 6.03 Å². The molecule has 1 heterocycles. The number of nitrogens with two attached hydrogens (primary N) is 1. The summed E-state index contributed by atoms with van der Waals surface area (Å²) >= 11 is 0. The van der Waals surface area contributed by atoms with Gasteiger partial charge in [0.15, 0.2) is 0 Å². The highest BCUT2D eigenvalue weighted by molar-refractivity contribution is 5.95. The highest BCUT2D eigenvalue weighted by Crippen LogP contribution is 2.18. The van der Waals surface area contributed by atoms with Crippen LogP contribution < -0.4 is 16.4 Å². The van der Waals surface area contributed by atoms with Crippen molar-refractivity contribution in [1.29, 1.82) is 0 Å². The third-order valence-corrected chi connectivity index (χ3v) is 3.53. The van der Waals surface area contributed by atoms with E-state index in [0.717, 1.165) is 32.2 Å². The van der Waals surface area contributed by atoms with Crippen molar-refractivity contribution in [1.82, 2.24) is 15.5 Å². The molecule has 2 fully saturated rings. The lowest BCUT2D eigenvalue weighted by atomic mass is 10.0. The number of imide groups is 1. The Morgan fingerprint density at radius 2 is 1.95 bits per heavy atom. The number of likely N-dealkylation sites (tertiary alicyclic amines) is 1. The minimum absolute atomic E-state index is 0. The summed E-state index contributed by atoms with van der Waals surface area (Å²) in [6, 6.07) is 0.171. The largest absolute Gasteiger partial charge is 0.335 e. The van der Waals surface area contributed by atoms with E-state index in [1.54, 1.807) is 0 Å². The molecule has 1 aliphatic heterocycles. The molecule has 2 rings (SSSR count). The molecule has 1 unspecified atom stereocenters. The smallest absolute Gasteiger partial charge is 0.321 e. The van der Waals surface area contributed by atoms with Gasteiger partial charge in [0.2, 0.25) is 5.91 Å². The number of amides is 3. The maximum Gasteiger partial charge on any atom is 0.321 e. The van der Waals surface area contributed by atoms with E-state index >= 15 is 0 Å². The predicted octanol–water partition coefficient (Wildman–Crippen LogP) is 0.210. The van der Waals surface area contributed by atoms with Gasteiger partial charge in [0.25, 0.3) is 0 Å². The number of hydrogen-bond acceptors (Lipinski definition) is 4. The molecule has 0 spiro atoms. The molecule has 1 aliphatic carbocycles. The molecule has 0 aromatic rings. The Kier molecular flexibility index (Phi) is 6.54. The molecule has 0 aromatic carbocycles. The first-order chi connectivity index (χ1) is 8.69. The summed E-state index contributed by atoms with van der Waals surface area (Å²) in [7, 11) is 0. The molecule has 0 radical (unpaired) electrons. The zero-order chi connectivity index (χ0) is 13.0. The summed E-state index contributed by atoms with van der Waals surface area (Å²) < 4.78 is 0. The first kappa shape index (κ1) is 16.2. The van der Waals surface area contributed by atoms with Crippen molar-refractivity contribution in [2.45, 2.75) is 44.2 Å². The Hall–Kier alpha value is -0.850. The van der Waals surface area contributed by atoms with Gasteiger partial charge in [0.05, 0.1) is 6.54 Å². The molecule has 19 heavy (non-hydrogen) atoms. The average molecular weight is 291 g/mol. The van der Waals surface area contributed by atoms with E-state index in [2.05, 4.69) is 15.5 Å². The van der Waals surface area contributed by atoms with Crippen molar-refractivity contribution >= 4 is 24.3 Å². The number of rotatable bonds is 4. The Morgan fingerprint density at radius 1 is 1.21 bits per heavy atom. The van der Waals surface area contributed by atoms with Crippen molar-refractivity contribution in [3.8, 4) is 0 Å². The van der Waals surface area contributed by atoms with E-state index in [9.17, 15) is 9.59 Å². The molecule has 110 valence electrons. The van der Waals surface area contributed by atoms with Gasteiger partial charge in [0, 0.05) is 18.6 Å². The van der Waals surface area contributed by atoms with Crippen LogP contribution in [0.3, 0.4) is 0 Å². The molecule has 1 atom stereocenters. The van der Waals surface area contributed by atoms with Crippen LogP contribution in [-0.4, -0.2) is 48.6 Å². The van der Waals surface area contributed by atoms with Crippen molar-refractivity contribution in [3.05, 3.63) is 0 Å². The van der Waals surface area contributed by atoms with Gasteiger partial charge in [0.1, 0.15) is 0 Å². The van der Waals surface area contributed by atoms with E-state index in [-0.39, 0.29) is 43.0 Å². The maximum absolute atomic E-state index is 11.7. The average Bonchev–Trinajstić information content (AvgIpc) is 3.13. The van der Waals surface area contributed by atoms with E-state index in [1.165, 1.54) is 6.42 Å². The molecule has 0 aromatic heterocycles. The Balaban J connectivity index is 0.00000180. The van der Waals surface area contributed by atoms with Gasteiger partial charge in [-0.2, -0.15) is 0 Å². The molecule has 3 amide bonds. The van der Waals surface area contributed by atoms with Crippen LogP contribution in [0.4, 0.5) is 4.79 Å². The standard InChI is InChI=1S/C12H22N4O2.ClH/c13-7-10-3-1-2-6-16(10)8-11(17)15-12(18)14-9-4-5-9;/h9-10H,1-8,13H2,(H2,14,15,17,18);1H. The van der Waals surface area contributed by atoms with Gasteiger partial charge in [-0.25, -0.2) is 4.79 Å². The second kappa shape index (κ2) is 7.67. The summed E-state index contributed by atoms with van der Waals surface area (Å²) in [6.07, 6.45) is 5.34. The molecule has 7 heteroatoms. The van der Waals surface area contributed by atoms with Gasteiger partial charge < -0.3 is 11.1 Å². The first-order valence-electron chi connectivity index (χ1n) is 6.73. The fourth-order valence-electron chi connectivity index (χ4n) is 2.33. The number of hydrogen-bond donors (Lipinski definition) is 3. The lowest BCUT2D eigenvalue weighted by molar-refractivity contribution is -0.122. The minimum atomic E-state index is -0.371. The number of nitrogens with one attached hydrogen (secondary N) is 2. The first-order valence-corrected chi connectivity index (χ1v) is 6.73. The van der Waals surface area contributed by atoms with Crippen LogP contribution >= 0.6 is 12.4 Å². The summed E-state index contributed by atoms with van der Waals surface area (Å²) in [4.78, 5) is 25.2. The summed E-state index contributed by atoms with van der Waals surface area (Å²) in [6.45, 7) is 1.72. The second-order valence-corrected chi connectivity index (χ2v) is 5.15. The highest BCUT2D eigenvalue weighted by atomic mass is 35.5. The number of piperidine rings is 1. The fraction of sp³-hybridized carbons (Fsp3) is 0.833. The molecule has 1 saturated heterocycles.